The summed E-state index contributed by atoms with van der Waals surface area (Å²) in [6.45, 7) is 3.58. The number of rotatable bonds is 5. The molecule has 0 aromatic rings. The maximum Gasteiger partial charge on any atom is 0.315 e. The third-order valence-corrected chi connectivity index (χ3v) is 3.62. The molecule has 3 atom stereocenters. The van der Waals surface area contributed by atoms with E-state index in [0.29, 0.717) is 12.8 Å². The molecule has 0 aliphatic heterocycles. The molecule has 5 N–H and O–H groups in total. The van der Waals surface area contributed by atoms with Gasteiger partial charge in [0.05, 0.1) is 5.92 Å². The summed E-state index contributed by atoms with van der Waals surface area (Å²) >= 11 is 0. The smallest absolute Gasteiger partial charge is 0.315 e. The molecule has 1 rings (SSSR count). The van der Waals surface area contributed by atoms with E-state index in [1.807, 2.05) is 0 Å². The van der Waals surface area contributed by atoms with E-state index < -0.39 is 29.9 Å². The second-order valence-electron chi connectivity index (χ2n) is 5.64. The van der Waals surface area contributed by atoms with Crippen molar-refractivity contribution in [1.82, 2.24) is 10.6 Å². The Morgan fingerprint density at radius 2 is 1.90 bits per heavy atom. The van der Waals surface area contributed by atoms with Crippen LogP contribution in [0.4, 0.5) is 4.79 Å². The van der Waals surface area contributed by atoms with E-state index >= 15 is 0 Å². The quantitative estimate of drug-likeness (QED) is 0.585. The van der Waals surface area contributed by atoms with Crippen LogP contribution in [0.15, 0.2) is 0 Å². The molecule has 0 heterocycles. The molecule has 0 aromatic heterocycles. The summed E-state index contributed by atoms with van der Waals surface area (Å²) in [4.78, 5) is 34.0. The molecule has 1 aliphatic carbocycles. The van der Waals surface area contributed by atoms with Crippen LogP contribution in [0.3, 0.4) is 0 Å². The Morgan fingerprint density at radius 3 is 2.40 bits per heavy atom. The highest BCUT2D eigenvalue weighted by atomic mass is 16.4. The number of nitrogens with one attached hydrogen (secondary N) is 2. The average Bonchev–Trinajstić information content (AvgIpc) is 2.35. The average molecular weight is 285 g/mol. The van der Waals surface area contributed by atoms with Gasteiger partial charge >= 0.3 is 12.0 Å². The zero-order valence-electron chi connectivity index (χ0n) is 11.9. The predicted molar refractivity (Wildman–Crippen MR) is 72.9 cm³/mol. The fourth-order valence-electron chi connectivity index (χ4n) is 2.48. The zero-order chi connectivity index (χ0) is 15.3. The molecule has 3 unspecified atom stereocenters. The first kappa shape index (κ1) is 16.3. The Balaban J connectivity index is 2.49. The van der Waals surface area contributed by atoms with Gasteiger partial charge in [0.2, 0.25) is 5.91 Å². The van der Waals surface area contributed by atoms with Crippen molar-refractivity contribution in [3.8, 4) is 0 Å². The molecule has 114 valence electrons. The van der Waals surface area contributed by atoms with E-state index in [4.69, 9.17) is 10.8 Å². The number of carbonyl (C=O) groups is 3. The fraction of sp³-hybridized carbons (Fsp3) is 0.769. The molecule has 0 spiro atoms. The monoisotopic (exact) mass is 285 g/mol. The van der Waals surface area contributed by atoms with Crippen LogP contribution in [-0.2, 0) is 9.59 Å². The second kappa shape index (κ2) is 7.12. The minimum atomic E-state index is -0.825. The van der Waals surface area contributed by atoms with Crippen molar-refractivity contribution in [2.24, 2.45) is 17.6 Å². The van der Waals surface area contributed by atoms with Crippen LogP contribution in [-0.4, -0.2) is 35.1 Å². The lowest BCUT2D eigenvalue weighted by molar-refractivity contribution is -0.143. The number of amides is 3. The minimum absolute atomic E-state index is 0.101. The number of carboxylic acid groups (broad SMARTS) is 1. The molecule has 0 aromatic carbocycles. The third kappa shape index (κ3) is 4.71. The van der Waals surface area contributed by atoms with Gasteiger partial charge in [-0.1, -0.05) is 20.3 Å². The number of nitrogens with two attached hydrogens (primary N) is 1. The zero-order valence-corrected chi connectivity index (χ0v) is 11.9. The van der Waals surface area contributed by atoms with E-state index in [1.54, 1.807) is 13.8 Å². The maximum absolute atomic E-state index is 11.8. The summed E-state index contributed by atoms with van der Waals surface area (Å²) in [5.41, 5.74) is 5.22. The van der Waals surface area contributed by atoms with Crippen molar-refractivity contribution in [3.63, 3.8) is 0 Å². The lowest BCUT2D eigenvalue weighted by Crippen LogP contribution is -2.53. The highest BCUT2D eigenvalue weighted by molar-refractivity contribution is 5.86. The van der Waals surface area contributed by atoms with Gasteiger partial charge < -0.3 is 21.5 Å². The van der Waals surface area contributed by atoms with Crippen molar-refractivity contribution < 1.29 is 19.5 Å². The second-order valence-corrected chi connectivity index (χ2v) is 5.64. The van der Waals surface area contributed by atoms with Gasteiger partial charge in [-0.15, -0.1) is 0 Å². The molecule has 7 heteroatoms. The number of urea groups is 1. The van der Waals surface area contributed by atoms with E-state index in [0.717, 1.165) is 12.8 Å². The fourth-order valence-corrected chi connectivity index (χ4v) is 2.48. The summed E-state index contributed by atoms with van der Waals surface area (Å²) in [5, 5.41) is 14.2. The van der Waals surface area contributed by atoms with Crippen molar-refractivity contribution >= 4 is 17.9 Å². The molecule has 1 aliphatic rings. The number of hydrogen-bond acceptors (Lipinski definition) is 3. The lowest BCUT2D eigenvalue weighted by Gasteiger charge is -2.28. The topological polar surface area (TPSA) is 122 Å². The predicted octanol–water partition coefficient (Wildman–Crippen LogP) is 0.439. The number of primary amides is 1. The van der Waals surface area contributed by atoms with Crippen LogP contribution < -0.4 is 16.4 Å². The number of carboxylic acids is 1. The molecule has 0 saturated heterocycles. The van der Waals surface area contributed by atoms with Crippen molar-refractivity contribution in [1.29, 1.82) is 0 Å². The largest absolute Gasteiger partial charge is 0.481 e. The summed E-state index contributed by atoms with van der Waals surface area (Å²) in [7, 11) is 0. The summed E-state index contributed by atoms with van der Waals surface area (Å²) in [6, 6.07) is -1.38. The number of aliphatic carboxylic acids is 1. The molecule has 3 amide bonds. The molecule has 1 fully saturated rings. The lowest BCUT2D eigenvalue weighted by atomic mass is 9.86. The van der Waals surface area contributed by atoms with Gasteiger partial charge in [0.1, 0.15) is 6.04 Å². The normalized spacial score (nSPS) is 23.9. The third-order valence-electron chi connectivity index (χ3n) is 3.62. The van der Waals surface area contributed by atoms with Crippen molar-refractivity contribution in [2.45, 2.75) is 51.6 Å². The highest BCUT2D eigenvalue weighted by Crippen LogP contribution is 2.24. The van der Waals surface area contributed by atoms with Crippen LogP contribution in [0.1, 0.15) is 39.5 Å². The van der Waals surface area contributed by atoms with Gasteiger partial charge in [-0.25, -0.2) is 4.79 Å². The van der Waals surface area contributed by atoms with Gasteiger partial charge in [-0.2, -0.15) is 0 Å². The maximum atomic E-state index is 11.8. The standard InChI is InChI=1S/C13H23N3O4/c1-7(2)10(11(14)17)16-13(20)15-9-5-3-4-8(6-9)12(18)19/h7-10H,3-6H2,1-2H3,(H2,14,17)(H,18,19)(H2,15,16,20). The van der Waals surface area contributed by atoms with E-state index in [2.05, 4.69) is 10.6 Å². The van der Waals surface area contributed by atoms with E-state index in [-0.39, 0.29) is 12.0 Å². The summed E-state index contributed by atoms with van der Waals surface area (Å²) in [6.07, 6.45) is 2.59. The van der Waals surface area contributed by atoms with Gasteiger partial charge in [0.25, 0.3) is 0 Å². The highest BCUT2D eigenvalue weighted by Gasteiger charge is 2.29. The molecule has 20 heavy (non-hydrogen) atoms. The summed E-state index contributed by atoms with van der Waals surface area (Å²) in [5.74, 6) is -1.92. The first-order valence-corrected chi connectivity index (χ1v) is 6.90. The Bertz CT molecular complexity index is 384. The Hall–Kier alpha value is -1.79. The molecular weight excluding hydrogens is 262 g/mol. The van der Waals surface area contributed by atoms with E-state index in [9.17, 15) is 14.4 Å². The Labute approximate surface area is 118 Å². The van der Waals surface area contributed by atoms with Crippen LogP contribution >= 0.6 is 0 Å². The number of carbonyl (C=O) groups excluding carboxylic acids is 2. The van der Waals surface area contributed by atoms with Gasteiger partial charge in [0.15, 0.2) is 0 Å². The van der Waals surface area contributed by atoms with Gasteiger partial charge in [-0.3, -0.25) is 9.59 Å². The van der Waals surface area contributed by atoms with Crippen LogP contribution in [0, 0.1) is 11.8 Å². The van der Waals surface area contributed by atoms with Gasteiger partial charge in [0, 0.05) is 6.04 Å². The SMILES string of the molecule is CC(C)C(NC(=O)NC1CCCC(C(=O)O)C1)C(N)=O. The van der Waals surface area contributed by atoms with Crippen LogP contribution in [0.5, 0.6) is 0 Å². The minimum Gasteiger partial charge on any atom is -0.481 e. The Morgan fingerprint density at radius 1 is 1.25 bits per heavy atom. The number of hydrogen-bond donors (Lipinski definition) is 4. The van der Waals surface area contributed by atoms with E-state index in [1.165, 1.54) is 0 Å². The van der Waals surface area contributed by atoms with Crippen LogP contribution in [0.25, 0.3) is 0 Å². The van der Waals surface area contributed by atoms with Crippen molar-refractivity contribution in [3.05, 3.63) is 0 Å². The van der Waals surface area contributed by atoms with Crippen molar-refractivity contribution in [2.75, 3.05) is 0 Å². The molecule has 0 radical (unpaired) electrons. The Kier molecular flexibility index (Phi) is 5.79. The first-order valence-electron chi connectivity index (χ1n) is 6.90. The van der Waals surface area contributed by atoms with Gasteiger partial charge in [-0.05, 0) is 25.2 Å². The molecule has 0 bridgehead atoms. The first-order chi connectivity index (χ1) is 9.31. The van der Waals surface area contributed by atoms with Crippen LogP contribution in [0.2, 0.25) is 0 Å². The molecule has 1 saturated carbocycles. The molecular formula is C13H23N3O4. The molecule has 7 nitrogen and oxygen atoms in total. The summed E-state index contributed by atoms with van der Waals surface area (Å²) < 4.78 is 0.